The van der Waals surface area contributed by atoms with Gasteiger partial charge in [-0.15, -0.1) is 0 Å². The van der Waals surface area contributed by atoms with Crippen molar-refractivity contribution in [3.05, 3.63) is 30.3 Å². The Balaban J connectivity index is 2.87. The van der Waals surface area contributed by atoms with Gasteiger partial charge in [0.2, 0.25) is 0 Å². The van der Waals surface area contributed by atoms with Gasteiger partial charge in [0.1, 0.15) is 0 Å². The summed E-state index contributed by atoms with van der Waals surface area (Å²) in [5.41, 5.74) is 0. The van der Waals surface area contributed by atoms with Crippen molar-refractivity contribution in [3.63, 3.8) is 0 Å². The van der Waals surface area contributed by atoms with Crippen molar-refractivity contribution in [1.29, 1.82) is 0 Å². The summed E-state index contributed by atoms with van der Waals surface area (Å²) in [6.07, 6.45) is 5.94. The van der Waals surface area contributed by atoms with E-state index in [1.54, 1.807) is 0 Å². The van der Waals surface area contributed by atoms with Crippen molar-refractivity contribution in [2.24, 2.45) is 0 Å². The second kappa shape index (κ2) is 10.2. The SMILES string of the molecule is CCCCC(CCC)OP(=O)(OCCC)c1ccccc1. The normalized spacial score (nSPS) is 15.6. The maximum atomic E-state index is 13.2. The largest absolute Gasteiger partial charge is 0.361 e. The zero-order chi connectivity index (χ0) is 15.6. The van der Waals surface area contributed by atoms with Crippen LogP contribution >= 0.6 is 7.60 Å². The van der Waals surface area contributed by atoms with Gasteiger partial charge in [-0.3, -0.25) is 4.57 Å². The predicted molar refractivity (Wildman–Crippen MR) is 89.2 cm³/mol. The molecule has 1 rings (SSSR count). The number of hydrogen-bond acceptors (Lipinski definition) is 3. The molecule has 0 aliphatic heterocycles. The Kier molecular flexibility index (Phi) is 8.91. The fraction of sp³-hybridized carbons (Fsp3) is 0.647. The highest BCUT2D eigenvalue weighted by atomic mass is 31.2. The van der Waals surface area contributed by atoms with E-state index >= 15 is 0 Å². The second-order valence-corrected chi connectivity index (χ2v) is 7.30. The highest BCUT2D eigenvalue weighted by molar-refractivity contribution is 7.62. The summed E-state index contributed by atoms with van der Waals surface area (Å²) in [6.45, 7) is 6.75. The van der Waals surface area contributed by atoms with E-state index in [9.17, 15) is 4.57 Å². The topological polar surface area (TPSA) is 35.5 Å². The molecule has 0 aromatic heterocycles. The van der Waals surface area contributed by atoms with Gasteiger partial charge >= 0.3 is 7.60 Å². The minimum Gasteiger partial charge on any atom is -0.305 e. The van der Waals surface area contributed by atoms with Gasteiger partial charge in [0.25, 0.3) is 0 Å². The third kappa shape index (κ3) is 6.34. The molecular weight excluding hydrogens is 283 g/mol. The van der Waals surface area contributed by atoms with Crippen LogP contribution in [0.1, 0.15) is 59.3 Å². The van der Waals surface area contributed by atoms with Crippen LogP contribution in [0.25, 0.3) is 0 Å². The van der Waals surface area contributed by atoms with E-state index in [4.69, 9.17) is 9.05 Å². The van der Waals surface area contributed by atoms with Crippen LogP contribution in [0.4, 0.5) is 0 Å². The van der Waals surface area contributed by atoms with Crippen LogP contribution in [-0.4, -0.2) is 12.7 Å². The van der Waals surface area contributed by atoms with Crippen molar-refractivity contribution in [2.75, 3.05) is 6.61 Å². The molecule has 0 N–H and O–H groups in total. The first kappa shape index (κ1) is 18.4. The van der Waals surface area contributed by atoms with E-state index in [0.29, 0.717) is 11.9 Å². The van der Waals surface area contributed by atoms with Crippen LogP contribution in [0.3, 0.4) is 0 Å². The van der Waals surface area contributed by atoms with Crippen molar-refractivity contribution in [2.45, 2.75) is 65.4 Å². The van der Waals surface area contributed by atoms with Gasteiger partial charge in [0, 0.05) is 0 Å². The zero-order valence-electron chi connectivity index (χ0n) is 13.6. The quantitative estimate of drug-likeness (QED) is 0.520. The lowest BCUT2D eigenvalue weighted by Gasteiger charge is -2.24. The van der Waals surface area contributed by atoms with Gasteiger partial charge in [-0.1, -0.05) is 58.2 Å². The molecule has 1 aromatic rings. The number of unbranched alkanes of at least 4 members (excludes halogenated alkanes) is 1. The minimum absolute atomic E-state index is 0.0119. The molecule has 120 valence electrons. The van der Waals surface area contributed by atoms with Crippen LogP contribution in [0, 0.1) is 0 Å². The Bertz CT molecular complexity index is 419. The van der Waals surface area contributed by atoms with E-state index < -0.39 is 7.60 Å². The average molecular weight is 312 g/mol. The molecule has 0 saturated heterocycles. The van der Waals surface area contributed by atoms with Crippen LogP contribution in [-0.2, 0) is 13.6 Å². The maximum Gasteiger partial charge on any atom is 0.361 e. The van der Waals surface area contributed by atoms with Crippen molar-refractivity contribution in [1.82, 2.24) is 0 Å². The standard InChI is InChI=1S/C17H29O3P/c1-4-7-12-16(11-5-2)20-21(18,19-15-6-3)17-13-9-8-10-14-17/h8-10,13-14,16H,4-7,11-12,15H2,1-3H3. The summed E-state index contributed by atoms with van der Waals surface area (Å²) in [4.78, 5) is 0. The molecule has 2 atom stereocenters. The lowest BCUT2D eigenvalue weighted by molar-refractivity contribution is 0.137. The smallest absolute Gasteiger partial charge is 0.305 e. The number of benzene rings is 1. The molecule has 0 saturated carbocycles. The molecule has 0 amide bonds. The zero-order valence-corrected chi connectivity index (χ0v) is 14.5. The molecule has 1 aromatic carbocycles. The average Bonchev–Trinajstić information content (AvgIpc) is 2.52. The van der Waals surface area contributed by atoms with Crippen molar-refractivity contribution in [3.8, 4) is 0 Å². The lowest BCUT2D eigenvalue weighted by atomic mass is 10.1. The molecule has 3 nitrogen and oxygen atoms in total. The summed E-state index contributed by atoms with van der Waals surface area (Å²) in [7, 11) is -3.21. The molecule has 0 aliphatic rings. The first-order valence-electron chi connectivity index (χ1n) is 8.14. The molecule has 0 aliphatic carbocycles. The number of rotatable bonds is 11. The van der Waals surface area contributed by atoms with Gasteiger partial charge in [-0.05, 0) is 31.4 Å². The van der Waals surface area contributed by atoms with E-state index in [0.717, 1.165) is 38.5 Å². The summed E-state index contributed by atoms with van der Waals surface area (Å²) < 4.78 is 24.8. The molecule has 0 spiro atoms. The van der Waals surface area contributed by atoms with Crippen LogP contribution < -0.4 is 5.30 Å². The van der Waals surface area contributed by atoms with Gasteiger partial charge < -0.3 is 9.05 Å². The van der Waals surface area contributed by atoms with E-state index in [1.807, 2.05) is 37.3 Å². The summed E-state index contributed by atoms with van der Waals surface area (Å²) in [5, 5.41) is 0.663. The molecular formula is C17H29O3P. The fourth-order valence-corrected chi connectivity index (χ4v) is 4.08. The fourth-order valence-electron chi connectivity index (χ4n) is 2.19. The highest BCUT2D eigenvalue weighted by Gasteiger charge is 2.30. The van der Waals surface area contributed by atoms with E-state index in [1.165, 1.54) is 0 Å². The Morgan fingerprint density at radius 1 is 1.00 bits per heavy atom. The number of hydrogen-bond donors (Lipinski definition) is 0. The van der Waals surface area contributed by atoms with Gasteiger partial charge in [0.15, 0.2) is 0 Å². The molecule has 0 radical (unpaired) electrons. The Labute approximate surface area is 129 Å². The second-order valence-electron chi connectivity index (χ2n) is 5.32. The maximum absolute atomic E-state index is 13.2. The Morgan fingerprint density at radius 3 is 2.29 bits per heavy atom. The Hall–Kier alpha value is -0.630. The molecule has 0 bridgehead atoms. The lowest BCUT2D eigenvalue weighted by Crippen LogP contribution is -2.18. The third-order valence-corrected chi connectivity index (χ3v) is 5.34. The Morgan fingerprint density at radius 2 is 1.71 bits per heavy atom. The van der Waals surface area contributed by atoms with E-state index in [-0.39, 0.29) is 6.10 Å². The third-order valence-electron chi connectivity index (χ3n) is 3.32. The first-order chi connectivity index (χ1) is 10.2. The van der Waals surface area contributed by atoms with Crippen LogP contribution in [0.15, 0.2) is 30.3 Å². The summed E-state index contributed by atoms with van der Waals surface area (Å²) in [6, 6.07) is 9.33. The van der Waals surface area contributed by atoms with Gasteiger partial charge in [-0.25, -0.2) is 0 Å². The monoisotopic (exact) mass is 312 g/mol. The van der Waals surface area contributed by atoms with E-state index in [2.05, 4.69) is 13.8 Å². The predicted octanol–water partition coefficient (Wildman–Crippen LogP) is 5.31. The van der Waals surface area contributed by atoms with Gasteiger partial charge in [0.05, 0.1) is 18.0 Å². The van der Waals surface area contributed by atoms with Crippen molar-refractivity contribution < 1.29 is 13.6 Å². The van der Waals surface area contributed by atoms with Gasteiger partial charge in [-0.2, -0.15) is 0 Å². The minimum atomic E-state index is -3.21. The summed E-state index contributed by atoms with van der Waals surface area (Å²) in [5.74, 6) is 0. The summed E-state index contributed by atoms with van der Waals surface area (Å²) >= 11 is 0. The first-order valence-corrected chi connectivity index (χ1v) is 9.69. The van der Waals surface area contributed by atoms with Crippen LogP contribution in [0.5, 0.6) is 0 Å². The molecule has 0 heterocycles. The highest BCUT2D eigenvalue weighted by Crippen LogP contribution is 2.49. The van der Waals surface area contributed by atoms with Crippen LogP contribution in [0.2, 0.25) is 0 Å². The van der Waals surface area contributed by atoms with Crippen molar-refractivity contribution >= 4 is 12.9 Å². The molecule has 2 unspecified atom stereocenters. The molecule has 21 heavy (non-hydrogen) atoms. The molecule has 0 fully saturated rings. The molecule has 4 heteroatoms.